The number of benzene rings is 5. The van der Waals surface area contributed by atoms with Crippen molar-refractivity contribution in [2.24, 2.45) is 0 Å². The molecule has 43 heavy (non-hydrogen) atoms. The Balaban J connectivity index is 1.56. The van der Waals surface area contributed by atoms with E-state index in [1.807, 2.05) is 54.6 Å². The predicted octanol–water partition coefficient (Wildman–Crippen LogP) is 9.14. The summed E-state index contributed by atoms with van der Waals surface area (Å²) in [5, 5.41) is 12.3. The standard InChI is InChI=1S/C38H29N5/c1-38(2,3)37-41-35(27-15-8-5-9-16-27)40-36(42-37)30-23-25(24-39)21-22-32(30)43-31-19-11-10-17-29(31)34-28(18-12-20-33(34)43)26-13-6-4-7-14-26/h4-23H,1-3H3. The van der Waals surface area contributed by atoms with Crippen LogP contribution < -0.4 is 0 Å². The lowest BCUT2D eigenvalue weighted by molar-refractivity contribution is 0.543. The van der Waals surface area contributed by atoms with E-state index in [4.69, 9.17) is 15.0 Å². The van der Waals surface area contributed by atoms with E-state index in [2.05, 4.69) is 98.1 Å². The first kappa shape index (κ1) is 26.3. The van der Waals surface area contributed by atoms with Crippen LogP contribution in [0.3, 0.4) is 0 Å². The SMILES string of the molecule is CC(C)(C)c1nc(-c2ccccc2)nc(-c2cc(C#N)ccc2-n2c3ccccc3c3c(-c4ccccc4)cccc32)n1. The van der Waals surface area contributed by atoms with E-state index in [-0.39, 0.29) is 5.41 Å². The maximum atomic E-state index is 9.94. The third-order valence-electron chi connectivity index (χ3n) is 7.73. The summed E-state index contributed by atoms with van der Waals surface area (Å²) >= 11 is 0. The molecule has 2 aromatic heterocycles. The van der Waals surface area contributed by atoms with Gasteiger partial charge in [-0.25, -0.2) is 15.0 Å². The molecule has 5 heteroatoms. The van der Waals surface area contributed by atoms with Crippen LogP contribution in [0.4, 0.5) is 0 Å². The number of hydrogen-bond donors (Lipinski definition) is 0. The van der Waals surface area contributed by atoms with Gasteiger partial charge in [0, 0.05) is 27.3 Å². The number of hydrogen-bond acceptors (Lipinski definition) is 4. The highest BCUT2D eigenvalue weighted by molar-refractivity contribution is 6.16. The van der Waals surface area contributed by atoms with E-state index < -0.39 is 0 Å². The van der Waals surface area contributed by atoms with Crippen LogP contribution in [0, 0.1) is 11.3 Å². The molecule has 0 spiro atoms. The zero-order chi connectivity index (χ0) is 29.6. The van der Waals surface area contributed by atoms with E-state index in [1.165, 1.54) is 10.9 Å². The van der Waals surface area contributed by atoms with Crippen molar-refractivity contribution in [3.63, 3.8) is 0 Å². The molecule has 7 aromatic rings. The summed E-state index contributed by atoms with van der Waals surface area (Å²) in [6, 6.07) is 43.5. The summed E-state index contributed by atoms with van der Waals surface area (Å²) in [6.45, 7) is 6.31. The van der Waals surface area contributed by atoms with E-state index in [9.17, 15) is 5.26 Å². The van der Waals surface area contributed by atoms with Crippen LogP contribution in [-0.2, 0) is 5.41 Å². The lowest BCUT2D eigenvalue weighted by Crippen LogP contribution is -2.18. The Morgan fingerprint density at radius 2 is 1.26 bits per heavy atom. The molecule has 0 aliphatic rings. The summed E-state index contributed by atoms with van der Waals surface area (Å²) in [7, 11) is 0. The largest absolute Gasteiger partial charge is 0.308 e. The van der Waals surface area contributed by atoms with Crippen molar-refractivity contribution >= 4 is 21.8 Å². The Morgan fingerprint density at radius 3 is 1.98 bits per heavy atom. The molecular formula is C38H29N5. The molecule has 0 saturated carbocycles. The third kappa shape index (κ3) is 4.64. The number of aromatic nitrogens is 4. The molecule has 0 radical (unpaired) electrons. The van der Waals surface area contributed by atoms with Crippen molar-refractivity contribution in [3.8, 4) is 45.7 Å². The van der Waals surface area contributed by atoms with Gasteiger partial charge in [-0.15, -0.1) is 0 Å². The van der Waals surface area contributed by atoms with Crippen LogP contribution in [0.2, 0.25) is 0 Å². The number of nitriles is 1. The monoisotopic (exact) mass is 555 g/mol. The summed E-state index contributed by atoms with van der Waals surface area (Å²) in [5.74, 6) is 1.84. The second-order valence-electron chi connectivity index (χ2n) is 11.7. The Kier molecular flexibility index (Phi) is 6.33. The van der Waals surface area contributed by atoms with Crippen molar-refractivity contribution in [1.82, 2.24) is 19.5 Å². The second-order valence-corrected chi connectivity index (χ2v) is 11.7. The number of rotatable bonds is 4. The van der Waals surface area contributed by atoms with E-state index in [1.54, 1.807) is 0 Å². The van der Waals surface area contributed by atoms with E-state index in [0.717, 1.165) is 38.8 Å². The molecule has 0 saturated heterocycles. The number of para-hydroxylation sites is 1. The molecule has 0 unspecified atom stereocenters. The van der Waals surface area contributed by atoms with Gasteiger partial charge >= 0.3 is 0 Å². The van der Waals surface area contributed by atoms with Crippen molar-refractivity contribution in [2.45, 2.75) is 26.2 Å². The summed E-state index contributed by atoms with van der Waals surface area (Å²) in [6.07, 6.45) is 0. The van der Waals surface area contributed by atoms with Crippen molar-refractivity contribution in [3.05, 3.63) is 133 Å². The predicted molar refractivity (Wildman–Crippen MR) is 174 cm³/mol. The van der Waals surface area contributed by atoms with Crippen molar-refractivity contribution < 1.29 is 0 Å². The smallest absolute Gasteiger partial charge is 0.165 e. The minimum Gasteiger partial charge on any atom is -0.308 e. The summed E-state index contributed by atoms with van der Waals surface area (Å²) < 4.78 is 2.27. The van der Waals surface area contributed by atoms with E-state index in [0.29, 0.717) is 23.0 Å². The van der Waals surface area contributed by atoms with Gasteiger partial charge in [0.05, 0.1) is 28.4 Å². The first-order valence-corrected chi connectivity index (χ1v) is 14.4. The van der Waals surface area contributed by atoms with Gasteiger partial charge in [-0.3, -0.25) is 0 Å². The van der Waals surface area contributed by atoms with Crippen LogP contribution in [0.25, 0.3) is 61.4 Å². The zero-order valence-electron chi connectivity index (χ0n) is 24.3. The molecule has 0 aliphatic heterocycles. The lowest BCUT2D eigenvalue weighted by Gasteiger charge is -2.19. The zero-order valence-corrected chi connectivity index (χ0v) is 24.3. The first-order chi connectivity index (χ1) is 20.9. The minimum atomic E-state index is -0.314. The summed E-state index contributed by atoms with van der Waals surface area (Å²) in [5.41, 5.74) is 7.30. The van der Waals surface area contributed by atoms with Gasteiger partial charge in [-0.05, 0) is 41.5 Å². The Morgan fingerprint density at radius 1 is 0.605 bits per heavy atom. The van der Waals surface area contributed by atoms with Crippen molar-refractivity contribution in [2.75, 3.05) is 0 Å². The van der Waals surface area contributed by atoms with Crippen LogP contribution in [0.5, 0.6) is 0 Å². The molecule has 5 aromatic carbocycles. The molecule has 7 rings (SSSR count). The summed E-state index contributed by atoms with van der Waals surface area (Å²) in [4.78, 5) is 14.9. The molecule has 0 aliphatic carbocycles. The molecular weight excluding hydrogens is 526 g/mol. The van der Waals surface area contributed by atoms with Gasteiger partial charge in [0.2, 0.25) is 0 Å². The van der Waals surface area contributed by atoms with Gasteiger partial charge in [0.1, 0.15) is 5.82 Å². The molecule has 0 bridgehead atoms. The van der Waals surface area contributed by atoms with Gasteiger partial charge in [-0.2, -0.15) is 5.26 Å². The molecule has 2 heterocycles. The first-order valence-electron chi connectivity index (χ1n) is 14.4. The maximum Gasteiger partial charge on any atom is 0.165 e. The van der Waals surface area contributed by atoms with Gasteiger partial charge in [-0.1, -0.05) is 112 Å². The fourth-order valence-corrected chi connectivity index (χ4v) is 5.66. The quantitative estimate of drug-likeness (QED) is 0.217. The Bertz CT molecular complexity index is 2170. The van der Waals surface area contributed by atoms with Crippen LogP contribution >= 0.6 is 0 Å². The molecule has 0 atom stereocenters. The Labute approximate surface area is 250 Å². The van der Waals surface area contributed by atoms with Gasteiger partial charge in [0.15, 0.2) is 11.6 Å². The fraction of sp³-hybridized carbons (Fsp3) is 0.105. The van der Waals surface area contributed by atoms with Crippen LogP contribution in [0.15, 0.2) is 121 Å². The highest BCUT2D eigenvalue weighted by atomic mass is 15.1. The van der Waals surface area contributed by atoms with Crippen LogP contribution in [-0.4, -0.2) is 19.5 Å². The van der Waals surface area contributed by atoms with Crippen LogP contribution in [0.1, 0.15) is 32.2 Å². The molecule has 206 valence electrons. The lowest BCUT2D eigenvalue weighted by atomic mass is 9.95. The third-order valence-corrected chi connectivity index (χ3v) is 7.73. The topological polar surface area (TPSA) is 67.4 Å². The Hall–Kier alpha value is -5.60. The normalized spacial score (nSPS) is 11.6. The highest BCUT2D eigenvalue weighted by Crippen LogP contribution is 2.40. The highest BCUT2D eigenvalue weighted by Gasteiger charge is 2.24. The van der Waals surface area contributed by atoms with E-state index >= 15 is 0 Å². The minimum absolute atomic E-state index is 0.314. The molecule has 5 nitrogen and oxygen atoms in total. The molecule has 0 amide bonds. The molecule has 0 fully saturated rings. The number of fused-ring (bicyclic) bond motifs is 3. The fourth-order valence-electron chi connectivity index (χ4n) is 5.66. The van der Waals surface area contributed by atoms with Gasteiger partial charge in [0.25, 0.3) is 0 Å². The molecule has 0 N–H and O–H groups in total. The number of nitrogens with zero attached hydrogens (tertiary/aromatic N) is 5. The van der Waals surface area contributed by atoms with Crippen molar-refractivity contribution in [1.29, 1.82) is 5.26 Å². The maximum absolute atomic E-state index is 9.94. The average Bonchev–Trinajstić information content (AvgIpc) is 3.39. The van der Waals surface area contributed by atoms with Gasteiger partial charge < -0.3 is 4.57 Å². The average molecular weight is 556 g/mol. The second kappa shape index (κ2) is 10.3.